The lowest BCUT2D eigenvalue weighted by molar-refractivity contribution is -0.125. The van der Waals surface area contributed by atoms with Crippen LogP contribution < -0.4 is 10.6 Å². The van der Waals surface area contributed by atoms with Gasteiger partial charge in [0.05, 0.1) is 25.2 Å². The highest BCUT2D eigenvalue weighted by Gasteiger charge is 2.19. The van der Waals surface area contributed by atoms with Crippen LogP contribution in [0.2, 0.25) is 0 Å². The van der Waals surface area contributed by atoms with Crippen molar-refractivity contribution >= 4 is 5.91 Å². The van der Waals surface area contributed by atoms with Crippen LogP contribution >= 0.6 is 0 Å². The lowest BCUT2D eigenvalue weighted by Gasteiger charge is -2.23. The number of nitrogens with zero attached hydrogens (tertiary/aromatic N) is 2. The fourth-order valence-electron chi connectivity index (χ4n) is 1.75. The third kappa shape index (κ3) is 3.50. The van der Waals surface area contributed by atoms with Crippen LogP contribution in [0.1, 0.15) is 25.2 Å². The summed E-state index contributed by atoms with van der Waals surface area (Å²) in [5.41, 5.74) is 0. The molecule has 1 aromatic heterocycles. The molecule has 7 heteroatoms. The maximum atomic E-state index is 11.7. The highest BCUT2D eigenvalue weighted by Crippen LogP contribution is 2.06. The quantitative estimate of drug-likeness (QED) is 0.650. The van der Waals surface area contributed by atoms with Crippen LogP contribution in [-0.4, -0.2) is 46.9 Å². The molecule has 0 bridgehead atoms. The van der Waals surface area contributed by atoms with Crippen molar-refractivity contribution in [1.82, 2.24) is 25.8 Å². The van der Waals surface area contributed by atoms with Crippen molar-refractivity contribution in [2.24, 2.45) is 0 Å². The summed E-state index contributed by atoms with van der Waals surface area (Å²) < 4.78 is 5.46. The Bertz CT molecular complexity index is 348. The first-order valence-corrected chi connectivity index (χ1v) is 5.72. The van der Waals surface area contributed by atoms with E-state index >= 15 is 0 Å². The Morgan fingerprint density at radius 2 is 2.65 bits per heavy atom. The smallest absolute Gasteiger partial charge is 0.223 e. The number of hydrogen-bond acceptors (Lipinski definition) is 5. The average Bonchev–Trinajstić information content (AvgIpc) is 2.83. The molecule has 7 nitrogen and oxygen atoms in total. The van der Waals surface area contributed by atoms with Crippen LogP contribution in [-0.2, 0) is 9.53 Å². The molecule has 1 amide bonds. The zero-order valence-corrected chi connectivity index (χ0v) is 9.77. The molecule has 1 fully saturated rings. The minimum Gasteiger partial charge on any atom is -0.375 e. The van der Waals surface area contributed by atoms with Gasteiger partial charge in [-0.3, -0.25) is 9.89 Å². The molecule has 1 aliphatic rings. The molecule has 0 aliphatic carbocycles. The van der Waals surface area contributed by atoms with Crippen LogP contribution in [0.25, 0.3) is 0 Å². The van der Waals surface area contributed by atoms with Gasteiger partial charge in [-0.25, -0.2) is 4.98 Å². The van der Waals surface area contributed by atoms with Gasteiger partial charge < -0.3 is 15.4 Å². The summed E-state index contributed by atoms with van der Waals surface area (Å²) in [4.78, 5) is 15.7. The molecule has 0 aromatic carbocycles. The van der Waals surface area contributed by atoms with Crippen molar-refractivity contribution in [1.29, 1.82) is 0 Å². The summed E-state index contributed by atoms with van der Waals surface area (Å²) in [6.45, 7) is 4.10. The largest absolute Gasteiger partial charge is 0.375 e. The fraction of sp³-hybridized carbons (Fsp3) is 0.700. The Morgan fingerprint density at radius 3 is 3.29 bits per heavy atom. The Balaban J connectivity index is 1.76. The molecule has 2 heterocycles. The first-order valence-electron chi connectivity index (χ1n) is 5.72. The normalized spacial score (nSPS) is 22.1. The molecule has 2 unspecified atom stereocenters. The molecule has 3 N–H and O–H groups in total. The predicted octanol–water partition coefficient (Wildman–Crippen LogP) is -0.640. The second-order valence-electron chi connectivity index (χ2n) is 4.06. The van der Waals surface area contributed by atoms with Crippen molar-refractivity contribution < 1.29 is 9.53 Å². The van der Waals surface area contributed by atoms with Crippen LogP contribution in [0.4, 0.5) is 0 Å². The van der Waals surface area contributed by atoms with Gasteiger partial charge in [-0.05, 0) is 6.92 Å². The minimum atomic E-state index is -0.165. The number of nitrogens with one attached hydrogen (secondary N) is 3. The topological polar surface area (TPSA) is 91.9 Å². The Labute approximate surface area is 99.3 Å². The Kier molecular flexibility index (Phi) is 4.05. The molecule has 2 rings (SSSR count). The van der Waals surface area contributed by atoms with Crippen molar-refractivity contribution in [3.05, 3.63) is 12.2 Å². The number of H-pyrrole nitrogens is 1. The van der Waals surface area contributed by atoms with Gasteiger partial charge in [0.2, 0.25) is 5.91 Å². The number of morpholine rings is 1. The number of aromatic amines is 1. The zero-order chi connectivity index (χ0) is 12.1. The number of amides is 1. The molecular weight excluding hydrogens is 222 g/mol. The number of aromatic nitrogens is 3. The maximum Gasteiger partial charge on any atom is 0.223 e. The van der Waals surface area contributed by atoms with Gasteiger partial charge in [0, 0.05) is 13.1 Å². The average molecular weight is 239 g/mol. The predicted molar refractivity (Wildman–Crippen MR) is 60.2 cm³/mol. The van der Waals surface area contributed by atoms with E-state index in [2.05, 4.69) is 25.8 Å². The van der Waals surface area contributed by atoms with Gasteiger partial charge in [-0.2, -0.15) is 5.10 Å². The third-order valence-corrected chi connectivity index (χ3v) is 2.64. The fourth-order valence-corrected chi connectivity index (χ4v) is 1.75. The molecule has 0 saturated carbocycles. The molecule has 1 saturated heterocycles. The van der Waals surface area contributed by atoms with E-state index in [4.69, 9.17) is 4.74 Å². The highest BCUT2D eigenvalue weighted by molar-refractivity contribution is 5.76. The second-order valence-corrected chi connectivity index (χ2v) is 4.06. The van der Waals surface area contributed by atoms with Crippen LogP contribution in [0.5, 0.6) is 0 Å². The molecule has 1 aliphatic heterocycles. The maximum absolute atomic E-state index is 11.7. The summed E-state index contributed by atoms with van der Waals surface area (Å²) in [7, 11) is 0. The van der Waals surface area contributed by atoms with Crippen molar-refractivity contribution in [3.63, 3.8) is 0 Å². The summed E-state index contributed by atoms with van der Waals surface area (Å²) >= 11 is 0. The third-order valence-electron chi connectivity index (χ3n) is 2.64. The SMILES string of the molecule is CC(NC(=O)CC1CNCCO1)c1ncn[nH]1. The molecule has 0 spiro atoms. The van der Waals surface area contributed by atoms with E-state index in [1.54, 1.807) is 0 Å². The molecule has 0 radical (unpaired) electrons. The summed E-state index contributed by atoms with van der Waals surface area (Å²) in [6.07, 6.45) is 1.75. The minimum absolute atomic E-state index is 0.0364. The standard InChI is InChI=1S/C10H17N5O2/c1-7(10-12-6-13-15-10)14-9(16)4-8-5-11-2-3-17-8/h6-8,11H,2-5H2,1H3,(H,14,16)(H,12,13,15). The van der Waals surface area contributed by atoms with Crippen LogP contribution in [0.15, 0.2) is 6.33 Å². The number of hydrogen-bond donors (Lipinski definition) is 3. The highest BCUT2D eigenvalue weighted by atomic mass is 16.5. The monoisotopic (exact) mass is 239 g/mol. The van der Waals surface area contributed by atoms with Gasteiger partial charge in [0.15, 0.2) is 0 Å². The second kappa shape index (κ2) is 5.74. The van der Waals surface area contributed by atoms with Crippen LogP contribution in [0, 0.1) is 0 Å². The van der Waals surface area contributed by atoms with Gasteiger partial charge in [0.1, 0.15) is 12.2 Å². The molecule has 2 atom stereocenters. The van der Waals surface area contributed by atoms with Gasteiger partial charge in [0.25, 0.3) is 0 Å². The number of ether oxygens (including phenoxy) is 1. The lowest BCUT2D eigenvalue weighted by Crippen LogP contribution is -2.41. The first kappa shape index (κ1) is 12.0. The summed E-state index contributed by atoms with van der Waals surface area (Å²) in [5, 5.41) is 12.5. The van der Waals surface area contributed by atoms with E-state index < -0.39 is 0 Å². The van der Waals surface area contributed by atoms with Crippen molar-refractivity contribution in [3.8, 4) is 0 Å². The van der Waals surface area contributed by atoms with Crippen molar-refractivity contribution in [2.75, 3.05) is 19.7 Å². The number of rotatable bonds is 4. The summed E-state index contributed by atoms with van der Waals surface area (Å²) in [5.74, 6) is 0.614. The van der Waals surface area contributed by atoms with Crippen molar-refractivity contribution in [2.45, 2.75) is 25.5 Å². The van der Waals surface area contributed by atoms with Crippen LogP contribution in [0.3, 0.4) is 0 Å². The Hall–Kier alpha value is -1.47. The molecule has 1 aromatic rings. The zero-order valence-electron chi connectivity index (χ0n) is 9.77. The van der Waals surface area contributed by atoms with E-state index in [1.165, 1.54) is 6.33 Å². The van der Waals surface area contributed by atoms with Gasteiger partial charge >= 0.3 is 0 Å². The van der Waals surface area contributed by atoms with Gasteiger partial charge in [-0.1, -0.05) is 0 Å². The van der Waals surface area contributed by atoms with E-state index in [1.807, 2.05) is 6.92 Å². The van der Waals surface area contributed by atoms with E-state index in [9.17, 15) is 4.79 Å². The summed E-state index contributed by atoms with van der Waals surface area (Å²) in [6, 6.07) is -0.165. The van der Waals surface area contributed by atoms with E-state index in [0.29, 0.717) is 18.9 Å². The number of carbonyl (C=O) groups excluding carboxylic acids is 1. The lowest BCUT2D eigenvalue weighted by atomic mass is 10.2. The van der Waals surface area contributed by atoms with E-state index in [-0.39, 0.29) is 18.1 Å². The molecule has 17 heavy (non-hydrogen) atoms. The first-order chi connectivity index (χ1) is 8.25. The van der Waals surface area contributed by atoms with E-state index in [0.717, 1.165) is 13.1 Å². The molecular formula is C10H17N5O2. The number of carbonyl (C=O) groups is 1. The molecule has 94 valence electrons. The van der Waals surface area contributed by atoms with Gasteiger partial charge in [-0.15, -0.1) is 0 Å². The Morgan fingerprint density at radius 1 is 1.76 bits per heavy atom.